The van der Waals surface area contributed by atoms with Gasteiger partial charge in [0.2, 0.25) is 0 Å². The lowest BCUT2D eigenvalue weighted by Gasteiger charge is -2.35. The fraction of sp³-hybridized carbons (Fsp3) is 0.360. The first-order valence-corrected chi connectivity index (χ1v) is 11.1. The van der Waals surface area contributed by atoms with Gasteiger partial charge in [-0.2, -0.15) is 0 Å². The number of anilines is 1. The second-order valence-corrected chi connectivity index (χ2v) is 8.28. The molecule has 5 rings (SSSR count). The summed E-state index contributed by atoms with van der Waals surface area (Å²) in [7, 11) is 0. The zero-order valence-electron chi connectivity index (χ0n) is 18.4. The van der Waals surface area contributed by atoms with Gasteiger partial charge in [-0.1, -0.05) is 19.1 Å². The molecule has 1 aromatic carbocycles. The molecule has 3 aromatic heterocycles. The van der Waals surface area contributed by atoms with E-state index in [1.165, 1.54) is 11.3 Å². The summed E-state index contributed by atoms with van der Waals surface area (Å²) in [6.45, 7) is 8.34. The Morgan fingerprint density at radius 2 is 1.77 bits per heavy atom. The highest BCUT2D eigenvalue weighted by Crippen LogP contribution is 2.32. The van der Waals surface area contributed by atoms with Crippen molar-refractivity contribution in [2.45, 2.75) is 46.1 Å². The molecule has 0 amide bonds. The zero-order chi connectivity index (χ0) is 21.4. The number of aromatic nitrogens is 5. The number of imidazole rings is 1. The van der Waals surface area contributed by atoms with Gasteiger partial charge in [-0.25, -0.2) is 15.0 Å². The van der Waals surface area contributed by atoms with E-state index in [1.54, 1.807) is 6.20 Å². The number of benzene rings is 1. The van der Waals surface area contributed by atoms with Gasteiger partial charge in [0, 0.05) is 54.8 Å². The summed E-state index contributed by atoms with van der Waals surface area (Å²) in [5.74, 6) is 2.99. The highest BCUT2D eigenvalue weighted by molar-refractivity contribution is 5.76. The monoisotopic (exact) mass is 412 g/mol. The van der Waals surface area contributed by atoms with Gasteiger partial charge in [0.15, 0.2) is 5.82 Å². The highest BCUT2D eigenvalue weighted by atomic mass is 15.2. The first-order chi connectivity index (χ1) is 15.2. The molecule has 0 aliphatic carbocycles. The maximum Gasteiger partial charge on any atom is 0.163 e. The third-order valence-electron chi connectivity index (χ3n) is 6.40. The lowest BCUT2D eigenvalue weighted by atomic mass is 10.0. The Bertz CT molecular complexity index is 1210. The maximum atomic E-state index is 4.95. The molecule has 0 radical (unpaired) electrons. The quantitative estimate of drug-likeness (QED) is 0.477. The Kier molecular flexibility index (Phi) is 5.14. The summed E-state index contributed by atoms with van der Waals surface area (Å²) < 4.78 is 2.48. The van der Waals surface area contributed by atoms with Crippen LogP contribution in [0.25, 0.3) is 22.4 Å². The number of nitrogens with zero attached hydrogens (tertiary/aromatic N) is 6. The molecule has 0 bridgehead atoms. The minimum atomic E-state index is 0.472. The van der Waals surface area contributed by atoms with Crippen molar-refractivity contribution in [3.63, 3.8) is 0 Å². The molecule has 0 spiro atoms. The number of hydrogen-bond donors (Lipinski definition) is 0. The predicted molar refractivity (Wildman–Crippen MR) is 124 cm³/mol. The van der Waals surface area contributed by atoms with Gasteiger partial charge in [0.05, 0.1) is 11.0 Å². The van der Waals surface area contributed by atoms with E-state index in [4.69, 9.17) is 15.0 Å². The van der Waals surface area contributed by atoms with Crippen LogP contribution in [-0.2, 0) is 6.42 Å². The summed E-state index contributed by atoms with van der Waals surface area (Å²) in [5.41, 5.74) is 5.50. The van der Waals surface area contributed by atoms with Crippen LogP contribution in [0.15, 0.2) is 48.8 Å². The molecule has 6 nitrogen and oxygen atoms in total. The summed E-state index contributed by atoms with van der Waals surface area (Å²) in [5, 5.41) is 0. The minimum absolute atomic E-state index is 0.472. The van der Waals surface area contributed by atoms with Crippen molar-refractivity contribution in [2.24, 2.45) is 0 Å². The van der Waals surface area contributed by atoms with Crippen LogP contribution in [0.2, 0.25) is 0 Å². The number of pyridine rings is 1. The van der Waals surface area contributed by atoms with Crippen molar-refractivity contribution >= 4 is 16.9 Å². The lowest BCUT2D eigenvalue weighted by Crippen LogP contribution is -2.36. The van der Waals surface area contributed by atoms with Gasteiger partial charge in [-0.3, -0.25) is 4.98 Å². The van der Waals surface area contributed by atoms with Crippen molar-refractivity contribution in [1.82, 2.24) is 24.5 Å². The van der Waals surface area contributed by atoms with Crippen LogP contribution >= 0.6 is 0 Å². The van der Waals surface area contributed by atoms with Crippen molar-refractivity contribution in [1.29, 1.82) is 0 Å². The van der Waals surface area contributed by atoms with Crippen molar-refractivity contribution in [3.8, 4) is 11.4 Å². The van der Waals surface area contributed by atoms with Crippen LogP contribution < -0.4 is 4.90 Å². The fourth-order valence-corrected chi connectivity index (χ4v) is 4.63. The van der Waals surface area contributed by atoms with Crippen molar-refractivity contribution in [2.75, 3.05) is 18.0 Å². The van der Waals surface area contributed by atoms with Crippen LogP contribution in [0, 0.1) is 13.8 Å². The molecule has 1 fully saturated rings. The number of hydrogen-bond acceptors (Lipinski definition) is 5. The number of para-hydroxylation sites is 2. The second kappa shape index (κ2) is 8.10. The number of rotatable bonds is 4. The lowest BCUT2D eigenvalue weighted by molar-refractivity contribution is 0.393. The smallest absolute Gasteiger partial charge is 0.163 e. The molecule has 31 heavy (non-hydrogen) atoms. The minimum Gasteiger partial charge on any atom is -0.356 e. The Morgan fingerprint density at radius 3 is 2.52 bits per heavy atom. The summed E-state index contributed by atoms with van der Waals surface area (Å²) in [4.78, 5) is 21.2. The van der Waals surface area contributed by atoms with E-state index in [2.05, 4.69) is 59.5 Å². The molecule has 1 saturated heterocycles. The molecule has 0 saturated carbocycles. The summed E-state index contributed by atoms with van der Waals surface area (Å²) in [6.07, 6.45) is 6.72. The van der Waals surface area contributed by atoms with E-state index in [1.807, 2.05) is 18.3 Å². The highest BCUT2D eigenvalue weighted by Gasteiger charge is 2.26. The molecule has 4 aromatic rings. The van der Waals surface area contributed by atoms with E-state index in [9.17, 15) is 0 Å². The topological polar surface area (TPSA) is 59.7 Å². The Balaban J connectivity index is 1.42. The average Bonchev–Trinajstić information content (AvgIpc) is 3.20. The van der Waals surface area contributed by atoms with E-state index in [0.29, 0.717) is 6.04 Å². The normalized spacial score (nSPS) is 15.0. The van der Waals surface area contributed by atoms with Gasteiger partial charge in [0.25, 0.3) is 0 Å². The summed E-state index contributed by atoms with van der Waals surface area (Å²) >= 11 is 0. The standard InChI is InChI=1S/C25H28N6/c1-4-23-28-21-9-5-6-10-22(21)31(23)20-11-14-30(15-12-20)25-17(2)18(3)27-24(29-25)19-8-7-13-26-16-19/h5-10,13,16,20H,4,11-12,14-15H2,1-3H3. The van der Waals surface area contributed by atoms with E-state index >= 15 is 0 Å². The van der Waals surface area contributed by atoms with Crippen molar-refractivity contribution in [3.05, 3.63) is 65.9 Å². The van der Waals surface area contributed by atoms with Crippen molar-refractivity contribution < 1.29 is 0 Å². The zero-order valence-corrected chi connectivity index (χ0v) is 18.4. The van der Waals surface area contributed by atoms with E-state index in [0.717, 1.165) is 66.3 Å². The third-order valence-corrected chi connectivity index (χ3v) is 6.40. The molecular formula is C25H28N6. The van der Waals surface area contributed by atoms with Gasteiger partial charge in [-0.15, -0.1) is 0 Å². The molecule has 1 aliphatic rings. The molecule has 4 heterocycles. The van der Waals surface area contributed by atoms with Crippen LogP contribution in [0.5, 0.6) is 0 Å². The van der Waals surface area contributed by atoms with Gasteiger partial charge >= 0.3 is 0 Å². The molecule has 0 N–H and O–H groups in total. The van der Waals surface area contributed by atoms with E-state index < -0.39 is 0 Å². The average molecular weight is 413 g/mol. The van der Waals surface area contributed by atoms with E-state index in [-0.39, 0.29) is 0 Å². The SMILES string of the molecule is CCc1nc2ccccc2n1C1CCN(c2nc(-c3cccnc3)nc(C)c2C)CC1. The van der Waals surface area contributed by atoms with Gasteiger partial charge in [-0.05, 0) is 51.0 Å². The van der Waals surface area contributed by atoms with Gasteiger partial charge in [0.1, 0.15) is 11.6 Å². The molecule has 0 unspecified atom stereocenters. The Hall–Kier alpha value is -3.28. The van der Waals surface area contributed by atoms with Gasteiger partial charge < -0.3 is 9.47 Å². The Labute approximate surface area is 183 Å². The van der Waals surface area contributed by atoms with Crippen LogP contribution in [0.4, 0.5) is 5.82 Å². The van der Waals surface area contributed by atoms with Crippen LogP contribution in [0.3, 0.4) is 0 Å². The molecule has 0 atom stereocenters. The molecule has 6 heteroatoms. The van der Waals surface area contributed by atoms with Crippen LogP contribution in [0.1, 0.15) is 42.9 Å². The number of piperidine rings is 1. The first kappa shape index (κ1) is 19.7. The number of fused-ring (bicyclic) bond motifs is 1. The predicted octanol–water partition coefficient (Wildman–Crippen LogP) is 4.91. The molecular weight excluding hydrogens is 384 g/mol. The number of aryl methyl sites for hydroxylation is 2. The second-order valence-electron chi connectivity index (χ2n) is 8.28. The third kappa shape index (κ3) is 3.56. The summed E-state index contributed by atoms with van der Waals surface area (Å²) in [6, 6.07) is 12.9. The Morgan fingerprint density at radius 1 is 0.968 bits per heavy atom. The largest absolute Gasteiger partial charge is 0.356 e. The van der Waals surface area contributed by atoms with Crippen LogP contribution in [-0.4, -0.2) is 37.6 Å². The first-order valence-electron chi connectivity index (χ1n) is 11.1. The maximum absolute atomic E-state index is 4.95. The molecule has 158 valence electrons. The molecule has 1 aliphatic heterocycles. The fourth-order valence-electron chi connectivity index (χ4n) is 4.63.